The van der Waals surface area contributed by atoms with Gasteiger partial charge in [0.25, 0.3) is 0 Å². The largest absolute Gasteiger partial charge is 0.399 e. The summed E-state index contributed by atoms with van der Waals surface area (Å²) in [5, 5.41) is 0. The molecule has 0 unspecified atom stereocenters. The summed E-state index contributed by atoms with van der Waals surface area (Å²) in [6.07, 6.45) is 3.65. The summed E-state index contributed by atoms with van der Waals surface area (Å²) >= 11 is 2.09. The van der Waals surface area contributed by atoms with E-state index in [0.29, 0.717) is 0 Å². The Kier molecular flexibility index (Phi) is 3.69. The van der Waals surface area contributed by atoms with Crippen LogP contribution in [0, 0.1) is 5.92 Å². The molecule has 0 radical (unpaired) electrons. The van der Waals surface area contributed by atoms with Crippen molar-refractivity contribution >= 4 is 28.5 Å². The zero-order valence-electron chi connectivity index (χ0n) is 11.4. The van der Waals surface area contributed by atoms with Crippen molar-refractivity contribution in [2.45, 2.75) is 32.7 Å². The van der Waals surface area contributed by atoms with Crippen molar-refractivity contribution in [3.05, 3.63) is 24.0 Å². The predicted octanol–water partition coefficient (Wildman–Crippen LogP) is 3.32. The molecule has 0 amide bonds. The van der Waals surface area contributed by atoms with E-state index in [-0.39, 0.29) is 0 Å². The van der Waals surface area contributed by atoms with Crippen LogP contribution in [-0.2, 0) is 13.0 Å². The second kappa shape index (κ2) is 5.45. The van der Waals surface area contributed by atoms with E-state index in [1.807, 2.05) is 12.1 Å². The van der Waals surface area contributed by atoms with Crippen LogP contribution in [0.2, 0.25) is 0 Å². The predicted molar refractivity (Wildman–Crippen MR) is 83.6 cm³/mol. The molecule has 0 atom stereocenters. The van der Waals surface area contributed by atoms with Gasteiger partial charge in [-0.15, -0.1) is 0 Å². The summed E-state index contributed by atoms with van der Waals surface area (Å²) in [5.74, 6) is 4.62. The van der Waals surface area contributed by atoms with Gasteiger partial charge in [-0.25, -0.2) is 4.98 Å². The highest BCUT2D eigenvalue weighted by Crippen LogP contribution is 2.27. The van der Waals surface area contributed by atoms with Gasteiger partial charge in [0, 0.05) is 18.7 Å². The van der Waals surface area contributed by atoms with Gasteiger partial charge >= 0.3 is 0 Å². The summed E-state index contributed by atoms with van der Waals surface area (Å²) in [6, 6.07) is 6.09. The molecular weight excluding hydrogens is 254 g/mol. The molecule has 1 aliphatic heterocycles. The Morgan fingerprint density at radius 2 is 2.16 bits per heavy atom. The number of rotatable bonds is 3. The van der Waals surface area contributed by atoms with Crippen molar-refractivity contribution in [2.75, 3.05) is 17.2 Å². The third-order valence-electron chi connectivity index (χ3n) is 3.95. The van der Waals surface area contributed by atoms with E-state index < -0.39 is 0 Å². The molecule has 2 N–H and O–H groups in total. The third kappa shape index (κ3) is 2.59. The molecule has 0 saturated carbocycles. The van der Waals surface area contributed by atoms with Crippen LogP contribution in [0.3, 0.4) is 0 Å². The van der Waals surface area contributed by atoms with Crippen LogP contribution in [0.1, 0.15) is 25.6 Å². The number of anilines is 1. The average Bonchev–Trinajstić information content (AvgIpc) is 2.77. The number of fused-ring (bicyclic) bond motifs is 1. The van der Waals surface area contributed by atoms with Crippen LogP contribution in [0.25, 0.3) is 11.0 Å². The van der Waals surface area contributed by atoms with Crippen molar-refractivity contribution in [3.63, 3.8) is 0 Å². The minimum absolute atomic E-state index is 0.800. The average molecular weight is 275 g/mol. The topological polar surface area (TPSA) is 43.8 Å². The molecule has 19 heavy (non-hydrogen) atoms. The molecule has 1 aromatic carbocycles. The number of hydrogen-bond acceptors (Lipinski definition) is 3. The lowest BCUT2D eigenvalue weighted by Gasteiger charge is -2.22. The first-order valence-electron chi connectivity index (χ1n) is 7.10. The number of nitrogens with zero attached hydrogens (tertiary/aromatic N) is 2. The Hall–Kier alpha value is -1.16. The van der Waals surface area contributed by atoms with Gasteiger partial charge in [0.2, 0.25) is 0 Å². The zero-order chi connectivity index (χ0) is 13.2. The highest BCUT2D eigenvalue weighted by molar-refractivity contribution is 7.99. The normalized spacial score (nSPS) is 17.1. The second-order valence-electron chi connectivity index (χ2n) is 5.30. The molecule has 1 aliphatic rings. The molecule has 3 nitrogen and oxygen atoms in total. The Morgan fingerprint density at radius 1 is 1.37 bits per heavy atom. The number of hydrogen-bond donors (Lipinski definition) is 1. The summed E-state index contributed by atoms with van der Waals surface area (Å²) in [5.41, 5.74) is 8.94. The van der Waals surface area contributed by atoms with Crippen molar-refractivity contribution in [3.8, 4) is 0 Å². The van der Waals surface area contributed by atoms with Gasteiger partial charge in [0.1, 0.15) is 5.82 Å². The molecule has 0 spiro atoms. The Morgan fingerprint density at radius 3 is 2.89 bits per heavy atom. The monoisotopic (exact) mass is 275 g/mol. The van der Waals surface area contributed by atoms with Gasteiger partial charge in [-0.3, -0.25) is 0 Å². The fraction of sp³-hybridized carbons (Fsp3) is 0.533. The number of nitrogens with two attached hydrogens (primary N) is 1. The summed E-state index contributed by atoms with van der Waals surface area (Å²) in [4.78, 5) is 4.74. The lowest BCUT2D eigenvalue weighted by Crippen LogP contribution is -2.17. The number of benzene rings is 1. The number of thioether (sulfide) groups is 1. The first-order valence-corrected chi connectivity index (χ1v) is 8.25. The van der Waals surface area contributed by atoms with E-state index in [1.165, 1.54) is 35.7 Å². The Bertz CT molecular complexity index is 570. The van der Waals surface area contributed by atoms with Crippen LogP contribution in [-0.4, -0.2) is 21.1 Å². The fourth-order valence-electron chi connectivity index (χ4n) is 2.86. The summed E-state index contributed by atoms with van der Waals surface area (Å²) in [6.45, 7) is 3.29. The molecule has 1 fully saturated rings. The zero-order valence-corrected chi connectivity index (χ0v) is 12.2. The molecule has 102 valence electrons. The van der Waals surface area contributed by atoms with Crippen LogP contribution < -0.4 is 5.73 Å². The number of imidazole rings is 1. The highest BCUT2D eigenvalue weighted by atomic mass is 32.2. The minimum atomic E-state index is 0.800. The maximum Gasteiger partial charge on any atom is 0.109 e. The first-order chi connectivity index (χ1) is 9.28. The summed E-state index contributed by atoms with van der Waals surface area (Å²) in [7, 11) is 0. The highest BCUT2D eigenvalue weighted by Gasteiger charge is 2.17. The third-order valence-corrected chi connectivity index (χ3v) is 5.00. The lowest BCUT2D eigenvalue weighted by atomic mass is 10.0. The maximum atomic E-state index is 5.86. The molecule has 2 heterocycles. The van der Waals surface area contributed by atoms with Gasteiger partial charge in [0.05, 0.1) is 11.0 Å². The lowest BCUT2D eigenvalue weighted by molar-refractivity contribution is 0.416. The Labute approximate surface area is 118 Å². The van der Waals surface area contributed by atoms with E-state index in [1.54, 1.807) is 0 Å². The van der Waals surface area contributed by atoms with E-state index in [0.717, 1.165) is 30.1 Å². The van der Waals surface area contributed by atoms with Crippen molar-refractivity contribution in [1.82, 2.24) is 9.55 Å². The second-order valence-corrected chi connectivity index (χ2v) is 6.52. The molecule has 3 rings (SSSR count). The quantitative estimate of drug-likeness (QED) is 0.874. The molecule has 4 heteroatoms. The van der Waals surface area contributed by atoms with Gasteiger partial charge in [0.15, 0.2) is 0 Å². The standard InChI is InChI=1S/C15H21N3S/c1-2-15-17-13-9-12(16)3-4-14(13)18(15)10-11-5-7-19-8-6-11/h3-4,9,11H,2,5-8,10,16H2,1H3. The molecule has 0 bridgehead atoms. The van der Waals surface area contributed by atoms with Crippen molar-refractivity contribution < 1.29 is 0 Å². The van der Waals surface area contributed by atoms with Crippen LogP contribution in [0.4, 0.5) is 5.69 Å². The van der Waals surface area contributed by atoms with E-state index >= 15 is 0 Å². The van der Waals surface area contributed by atoms with Crippen molar-refractivity contribution in [1.29, 1.82) is 0 Å². The molecule has 1 aromatic heterocycles. The van der Waals surface area contributed by atoms with E-state index in [4.69, 9.17) is 10.7 Å². The van der Waals surface area contributed by atoms with Gasteiger partial charge in [-0.1, -0.05) is 6.92 Å². The molecule has 1 saturated heterocycles. The number of nitrogen functional groups attached to an aromatic ring is 1. The van der Waals surface area contributed by atoms with E-state index in [9.17, 15) is 0 Å². The van der Waals surface area contributed by atoms with Crippen LogP contribution in [0.15, 0.2) is 18.2 Å². The first kappa shape index (κ1) is 12.9. The fourth-order valence-corrected chi connectivity index (χ4v) is 4.06. The maximum absolute atomic E-state index is 5.86. The van der Waals surface area contributed by atoms with Crippen molar-refractivity contribution in [2.24, 2.45) is 5.92 Å². The van der Waals surface area contributed by atoms with Crippen LogP contribution >= 0.6 is 11.8 Å². The molecular formula is C15H21N3S. The SMILES string of the molecule is CCc1nc2cc(N)ccc2n1CC1CCSCC1. The summed E-state index contributed by atoms with van der Waals surface area (Å²) < 4.78 is 2.41. The number of aryl methyl sites for hydroxylation is 1. The van der Waals surface area contributed by atoms with Crippen LogP contribution in [0.5, 0.6) is 0 Å². The molecule has 2 aromatic rings. The number of aromatic nitrogens is 2. The van der Waals surface area contributed by atoms with Gasteiger partial charge < -0.3 is 10.3 Å². The van der Waals surface area contributed by atoms with Gasteiger partial charge in [-0.2, -0.15) is 11.8 Å². The van der Waals surface area contributed by atoms with E-state index in [2.05, 4.69) is 29.3 Å². The van der Waals surface area contributed by atoms with Gasteiger partial charge in [-0.05, 0) is 48.5 Å². The minimum Gasteiger partial charge on any atom is -0.399 e. The molecule has 0 aliphatic carbocycles. The Balaban J connectivity index is 1.95. The smallest absolute Gasteiger partial charge is 0.109 e.